The zero-order chi connectivity index (χ0) is 16.4. The molecule has 0 aliphatic rings. The molecular formula is C18H16IN3O. The van der Waals surface area contributed by atoms with Crippen molar-refractivity contribution in [1.82, 2.24) is 9.78 Å². The van der Waals surface area contributed by atoms with E-state index in [0.29, 0.717) is 5.56 Å². The molecule has 0 saturated carbocycles. The van der Waals surface area contributed by atoms with Crippen LogP contribution in [0.1, 0.15) is 21.6 Å². The first kappa shape index (κ1) is 15.7. The van der Waals surface area contributed by atoms with Gasteiger partial charge in [0.15, 0.2) is 0 Å². The van der Waals surface area contributed by atoms with Gasteiger partial charge in [-0.05, 0) is 60.2 Å². The van der Waals surface area contributed by atoms with Gasteiger partial charge in [-0.3, -0.25) is 4.79 Å². The molecule has 0 atom stereocenters. The summed E-state index contributed by atoms with van der Waals surface area (Å²) in [6.45, 7) is 3.94. The lowest BCUT2D eigenvalue weighted by Crippen LogP contribution is -2.14. The van der Waals surface area contributed by atoms with E-state index in [0.717, 1.165) is 26.2 Å². The molecular weight excluding hydrogens is 401 g/mol. The molecule has 0 bridgehead atoms. The molecule has 23 heavy (non-hydrogen) atoms. The SMILES string of the molecule is Cc1ccccc1-n1ncc(C(=O)Nc2ccccc2I)c1C. The molecule has 5 heteroatoms. The fraction of sp³-hybridized carbons (Fsp3) is 0.111. The molecule has 0 saturated heterocycles. The topological polar surface area (TPSA) is 46.9 Å². The maximum Gasteiger partial charge on any atom is 0.259 e. The summed E-state index contributed by atoms with van der Waals surface area (Å²) in [5.74, 6) is -0.147. The zero-order valence-electron chi connectivity index (χ0n) is 12.9. The molecule has 116 valence electrons. The third-order valence-electron chi connectivity index (χ3n) is 3.72. The van der Waals surface area contributed by atoms with Crippen molar-refractivity contribution in [2.75, 3.05) is 5.32 Å². The third-order valence-corrected chi connectivity index (χ3v) is 4.66. The van der Waals surface area contributed by atoms with E-state index >= 15 is 0 Å². The van der Waals surface area contributed by atoms with Crippen molar-refractivity contribution in [1.29, 1.82) is 0 Å². The summed E-state index contributed by atoms with van der Waals surface area (Å²) in [4.78, 5) is 12.5. The smallest absolute Gasteiger partial charge is 0.259 e. The average molecular weight is 417 g/mol. The van der Waals surface area contributed by atoms with Gasteiger partial charge in [-0.25, -0.2) is 4.68 Å². The van der Waals surface area contributed by atoms with Crippen LogP contribution in [0.3, 0.4) is 0 Å². The molecule has 0 unspecified atom stereocenters. The van der Waals surface area contributed by atoms with Crippen molar-refractivity contribution < 1.29 is 4.79 Å². The van der Waals surface area contributed by atoms with E-state index < -0.39 is 0 Å². The molecule has 1 amide bonds. The average Bonchev–Trinajstić information content (AvgIpc) is 2.92. The second-order valence-corrected chi connectivity index (χ2v) is 6.44. The van der Waals surface area contributed by atoms with Crippen LogP contribution in [0.2, 0.25) is 0 Å². The number of nitrogens with zero attached hydrogens (tertiary/aromatic N) is 2. The minimum absolute atomic E-state index is 0.147. The van der Waals surface area contributed by atoms with Crippen molar-refractivity contribution >= 4 is 34.2 Å². The second kappa shape index (κ2) is 6.54. The van der Waals surface area contributed by atoms with E-state index in [4.69, 9.17) is 0 Å². The normalized spacial score (nSPS) is 10.6. The van der Waals surface area contributed by atoms with Gasteiger partial charge in [0, 0.05) is 3.57 Å². The van der Waals surface area contributed by atoms with Gasteiger partial charge in [0.2, 0.25) is 0 Å². The van der Waals surface area contributed by atoms with Crippen LogP contribution in [0.5, 0.6) is 0 Å². The van der Waals surface area contributed by atoms with Crippen LogP contribution < -0.4 is 5.32 Å². The van der Waals surface area contributed by atoms with Crippen molar-refractivity contribution in [3.63, 3.8) is 0 Å². The Labute approximate surface area is 148 Å². The highest BCUT2D eigenvalue weighted by atomic mass is 127. The van der Waals surface area contributed by atoms with Crippen molar-refractivity contribution in [3.8, 4) is 5.69 Å². The highest BCUT2D eigenvalue weighted by Crippen LogP contribution is 2.21. The lowest BCUT2D eigenvalue weighted by atomic mass is 10.2. The van der Waals surface area contributed by atoms with Gasteiger partial charge in [-0.15, -0.1) is 0 Å². The van der Waals surface area contributed by atoms with Crippen LogP contribution in [-0.4, -0.2) is 15.7 Å². The quantitative estimate of drug-likeness (QED) is 0.645. The molecule has 3 aromatic rings. The number of halogens is 1. The number of nitrogens with one attached hydrogen (secondary N) is 1. The predicted octanol–water partition coefficient (Wildman–Crippen LogP) is 4.35. The molecule has 1 heterocycles. The Morgan fingerprint density at radius 3 is 2.52 bits per heavy atom. The monoisotopic (exact) mass is 417 g/mol. The van der Waals surface area contributed by atoms with E-state index in [-0.39, 0.29) is 5.91 Å². The number of para-hydroxylation sites is 2. The molecule has 0 aliphatic heterocycles. The molecule has 1 N–H and O–H groups in total. The Hall–Kier alpha value is -2.15. The molecule has 0 aliphatic carbocycles. The lowest BCUT2D eigenvalue weighted by Gasteiger charge is -2.09. The fourth-order valence-corrected chi connectivity index (χ4v) is 2.95. The largest absolute Gasteiger partial charge is 0.321 e. The predicted molar refractivity (Wildman–Crippen MR) is 100 cm³/mol. The van der Waals surface area contributed by atoms with Gasteiger partial charge >= 0.3 is 0 Å². The van der Waals surface area contributed by atoms with Crippen molar-refractivity contribution in [3.05, 3.63) is 75.1 Å². The summed E-state index contributed by atoms with van der Waals surface area (Å²) in [6.07, 6.45) is 1.62. The fourth-order valence-electron chi connectivity index (χ4n) is 2.43. The summed E-state index contributed by atoms with van der Waals surface area (Å²) in [5, 5.41) is 7.33. The Balaban J connectivity index is 1.92. The molecule has 4 nitrogen and oxygen atoms in total. The number of rotatable bonds is 3. The molecule has 3 rings (SSSR count). The van der Waals surface area contributed by atoms with Crippen LogP contribution in [0, 0.1) is 17.4 Å². The summed E-state index contributed by atoms with van der Waals surface area (Å²) in [5.41, 5.74) is 4.30. The van der Waals surface area contributed by atoms with Crippen LogP contribution >= 0.6 is 22.6 Å². The van der Waals surface area contributed by atoms with Gasteiger partial charge in [0.05, 0.1) is 28.8 Å². The van der Waals surface area contributed by atoms with E-state index in [9.17, 15) is 4.79 Å². The summed E-state index contributed by atoms with van der Waals surface area (Å²) >= 11 is 2.21. The van der Waals surface area contributed by atoms with E-state index in [1.165, 1.54) is 0 Å². The second-order valence-electron chi connectivity index (χ2n) is 5.28. The number of aryl methyl sites for hydroxylation is 1. The molecule has 0 fully saturated rings. The number of aromatic nitrogens is 2. The van der Waals surface area contributed by atoms with Gasteiger partial charge < -0.3 is 5.32 Å². The molecule has 0 spiro atoms. The Morgan fingerprint density at radius 2 is 1.78 bits per heavy atom. The minimum Gasteiger partial charge on any atom is -0.321 e. The van der Waals surface area contributed by atoms with Gasteiger partial charge in [0.25, 0.3) is 5.91 Å². The highest BCUT2D eigenvalue weighted by Gasteiger charge is 2.16. The zero-order valence-corrected chi connectivity index (χ0v) is 15.0. The highest BCUT2D eigenvalue weighted by molar-refractivity contribution is 14.1. The Kier molecular flexibility index (Phi) is 4.47. The van der Waals surface area contributed by atoms with Crippen LogP contribution in [0.25, 0.3) is 5.69 Å². The van der Waals surface area contributed by atoms with E-state index in [2.05, 4.69) is 33.0 Å². The number of benzene rings is 2. The van der Waals surface area contributed by atoms with Gasteiger partial charge in [-0.1, -0.05) is 30.3 Å². The maximum absolute atomic E-state index is 12.5. The maximum atomic E-state index is 12.5. The number of amides is 1. The van der Waals surface area contributed by atoms with Crippen molar-refractivity contribution in [2.24, 2.45) is 0 Å². The minimum atomic E-state index is -0.147. The van der Waals surface area contributed by atoms with Gasteiger partial charge in [0.1, 0.15) is 0 Å². The van der Waals surface area contributed by atoms with Gasteiger partial charge in [-0.2, -0.15) is 5.10 Å². The third kappa shape index (κ3) is 3.14. The molecule has 2 aromatic carbocycles. The number of hydrogen-bond acceptors (Lipinski definition) is 2. The number of carbonyl (C=O) groups is 1. The van der Waals surface area contributed by atoms with Crippen LogP contribution in [-0.2, 0) is 0 Å². The van der Waals surface area contributed by atoms with Crippen LogP contribution in [0.15, 0.2) is 54.7 Å². The summed E-state index contributed by atoms with van der Waals surface area (Å²) in [6, 6.07) is 15.7. The van der Waals surface area contributed by atoms with Crippen LogP contribution in [0.4, 0.5) is 5.69 Å². The first-order valence-electron chi connectivity index (χ1n) is 7.24. The first-order chi connectivity index (χ1) is 11.1. The Morgan fingerprint density at radius 1 is 1.09 bits per heavy atom. The lowest BCUT2D eigenvalue weighted by molar-refractivity contribution is 0.102. The standard InChI is InChI=1S/C18H16IN3O/c1-12-7-3-6-10-17(12)22-13(2)14(11-20-22)18(23)21-16-9-5-4-8-15(16)19/h3-11H,1-2H3,(H,21,23). The van der Waals surface area contributed by atoms with E-state index in [1.807, 2.05) is 62.4 Å². The molecule has 0 radical (unpaired) electrons. The molecule has 1 aromatic heterocycles. The number of hydrogen-bond donors (Lipinski definition) is 1. The summed E-state index contributed by atoms with van der Waals surface area (Å²) < 4.78 is 2.81. The number of carbonyl (C=O) groups excluding carboxylic acids is 1. The van der Waals surface area contributed by atoms with Crippen molar-refractivity contribution in [2.45, 2.75) is 13.8 Å². The number of anilines is 1. The first-order valence-corrected chi connectivity index (χ1v) is 8.32. The van der Waals surface area contributed by atoms with E-state index in [1.54, 1.807) is 10.9 Å². The summed E-state index contributed by atoms with van der Waals surface area (Å²) in [7, 11) is 0. The Bertz CT molecular complexity index is 870.